The van der Waals surface area contributed by atoms with Crippen LogP contribution in [0.3, 0.4) is 0 Å². The second-order valence-corrected chi connectivity index (χ2v) is 7.03. The molecule has 1 aromatic heterocycles. The predicted molar refractivity (Wildman–Crippen MR) is 102 cm³/mol. The van der Waals surface area contributed by atoms with E-state index in [0.717, 1.165) is 23.6 Å². The van der Waals surface area contributed by atoms with Gasteiger partial charge in [0.2, 0.25) is 5.91 Å². The van der Waals surface area contributed by atoms with Crippen molar-refractivity contribution in [3.63, 3.8) is 0 Å². The molecule has 0 bridgehead atoms. The number of amides is 2. The molecule has 2 rings (SSSR count). The predicted octanol–water partition coefficient (Wildman–Crippen LogP) is 3.41. The number of hydrazine groups is 1. The van der Waals surface area contributed by atoms with Crippen molar-refractivity contribution in [2.45, 2.75) is 46.0 Å². The largest absolute Gasteiger partial charge is 0.494 e. The summed E-state index contributed by atoms with van der Waals surface area (Å²) in [6, 6.07) is 6.86. The molecule has 26 heavy (non-hydrogen) atoms. The molecule has 0 unspecified atom stereocenters. The first kappa shape index (κ1) is 19.9. The Morgan fingerprint density at radius 1 is 1.12 bits per heavy atom. The van der Waals surface area contributed by atoms with Gasteiger partial charge < -0.3 is 4.74 Å². The molecular weight excluding hydrogens is 350 g/mol. The Bertz CT molecular complexity index is 713. The van der Waals surface area contributed by atoms with Crippen LogP contribution in [-0.2, 0) is 11.2 Å². The minimum Gasteiger partial charge on any atom is -0.494 e. The van der Waals surface area contributed by atoms with E-state index < -0.39 is 0 Å². The Morgan fingerprint density at radius 2 is 1.88 bits per heavy atom. The summed E-state index contributed by atoms with van der Waals surface area (Å²) in [5.41, 5.74) is 5.96. The number of nitrogens with one attached hydrogen (secondary N) is 2. The van der Waals surface area contributed by atoms with Gasteiger partial charge in [-0.2, -0.15) is 0 Å². The number of benzene rings is 1. The molecule has 0 saturated carbocycles. The third kappa shape index (κ3) is 6.84. The van der Waals surface area contributed by atoms with E-state index >= 15 is 0 Å². The number of thiazole rings is 1. The molecule has 0 aliphatic rings. The van der Waals surface area contributed by atoms with Crippen LogP contribution in [-0.4, -0.2) is 23.4 Å². The zero-order valence-corrected chi connectivity index (χ0v) is 16.0. The van der Waals surface area contributed by atoms with Gasteiger partial charge in [-0.25, -0.2) is 4.98 Å². The minimum atomic E-state index is -0.373. The van der Waals surface area contributed by atoms with Crippen LogP contribution in [0.4, 0.5) is 0 Å². The van der Waals surface area contributed by atoms with Crippen molar-refractivity contribution in [1.82, 2.24) is 15.8 Å². The van der Waals surface area contributed by atoms with Crippen LogP contribution in [0.2, 0.25) is 0 Å². The summed E-state index contributed by atoms with van der Waals surface area (Å²) in [5.74, 6) is 0.0546. The second kappa shape index (κ2) is 10.6. The molecule has 7 heteroatoms. The third-order valence-corrected chi connectivity index (χ3v) is 4.53. The highest BCUT2D eigenvalue weighted by Gasteiger charge is 2.09. The smallest absolute Gasteiger partial charge is 0.269 e. The van der Waals surface area contributed by atoms with E-state index in [2.05, 4.69) is 22.8 Å². The van der Waals surface area contributed by atoms with Crippen molar-refractivity contribution in [1.29, 1.82) is 0 Å². The molecule has 2 N–H and O–H groups in total. The van der Waals surface area contributed by atoms with Crippen LogP contribution in [0.5, 0.6) is 5.75 Å². The number of nitrogens with zero attached hydrogens (tertiary/aromatic N) is 1. The highest BCUT2D eigenvalue weighted by atomic mass is 32.1. The fourth-order valence-electron chi connectivity index (χ4n) is 2.32. The molecule has 2 aromatic rings. The van der Waals surface area contributed by atoms with Crippen LogP contribution in [0.15, 0.2) is 29.6 Å². The minimum absolute atomic E-state index is 0.134. The van der Waals surface area contributed by atoms with Gasteiger partial charge in [0.25, 0.3) is 5.91 Å². The van der Waals surface area contributed by atoms with Crippen LogP contribution in [0.1, 0.15) is 53.7 Å². The van der Waals surface area contributed by atoms with Crippen LogP contribution >= 0.6 is 11.3 Å². The summed E-state index contributed by atoms with van der Waals surface area (Å²) >= 11 is 1.49. The number of carbonyl (C=O) groups is 2. The van der Waals surface area contributed by atoms with Gasteiger partial charge in [0.15, 0.2) is 0 Å². The SMILES string of the molecule is CCCCCCOc1ccc(C(=O)NNC(=O)Cc2csc(C)n2)cc1. The lowest BCUT2D eigenvalue weighted by Crippen LogP contribution is -2.42. The molecule has 1 aromatic carbocycles. The van der Waals surface area contributed by atoms with E-state index in [-0.39, 0.29) is 18.2 Å². The fourth-order valence-corrected chi connectivity index (χ4v) is 2.93. The number of rotatable bonds is 9. The Kier molecular flexibility index (Phi) is 8.08. The van der Waals surface area contributed by atoms with Crippen LogP contribution in [0, 0.1) is 6.92 Å². The van der Waals surface area contributed by atoms with E-state index in [0.29, 0.717) is 17.9 Å². The molecule has 2 amide bonds. The lowest BCUT2D eigenvalue weighted by molar-refractivity contribution is -0.121. The van der Waals surface area contributed by atoms with E-state index in [1.54, 1.807) is 24.3 Å². The number of unbranched alkanes of at least 4 members (excludes halogenated alkanes) is 3. The Morgan fingerprint density at radius 3 is 2.54 bits per heavy atom. The average molecular weight is 375 g/mol. The van der Waals surface area contributed by atoms with Gasteiger partial charge in [0.05, 0.1) is 23.7 Å². The van der Waals surface area contributed by atoms with Gasteiger partial charge >= 0.3 is 0 Å². The fraction of sp³-hybridized carbons (Fsp3) is 0.421. The molecule has 0 aliphatic heterocycles. The summed E-state index contributed by atoms with van der Waals surface area (Å²) in [6.07, 6.45) is 4.74. The van der Waals surface area contributed by atoms with Gasteiger partial charge in [-0.05, 0) is 37.6 Å². The zero-order valence-electron chi connectivity index (χ0n) is 15.2. The van der Waals surface area contributed by atoms with Gasteiger partial charge in [0.1, 0.15) is 5.75 Å². The number of carbonyl (C=O) groups excluding carboxylic acids is 2. The monoisotopic (exact) mass is 375 g/mol. The number of ether oxygens (including phenoxy) is 1. The van der Waals surface area contributed by atoms with Crippen LogP contribution in [0.25, 0.3) is 0 Å². The first-order valence-corrected chi connectivity index (χ1v) is 9.69. The van der Waals surface area contributed by atoms with Crippen molar-refractivity contribution in [2.24, 2.45) is 0 Å². The summed E-state index contributed by atoms with van der Waals surface area (Å²) in [5, 5.41) is 2.74. The summed E-state index contributed by atoms with van der Waals surface area (Å²) in [4.78, 5) is 28.1. The summed E-state index contributed by atoms with van der Waals surface area (Å²) in [6.45, 7) is 4.73. The Balaban J connectivity index is 1.72. The number of aromatic nitrogens is 1. The molecule has 6 nitrogen and oxygen atoms in total. The van der Waals surface area contributed by atoms with E-state index in [9.17, 15) is 9.59 Å². The van der Waals surface area contributed by atoms with Gasteiger partial charge in [-0.1, -0.05) is 26.2 Å². The molecule has 1 heterocycles. The molecular formula is C19H25N3O3S. The second-order valence-electron chi connectivity index (χ2n) is 5.97. The summed E-state index contributed by atoms with van der Waals surface area (Å²) in [7, 11) is 0. The van der Waals surface area contributed by atoms with Crippen molar-refractivity contribution >= 4 is 23.2 Å². The first-order chi connectivity index (χ1) is 12.6. The molecule has 0 aliphatic carbocycles. The number of hydrogen-bond donors (Lipinski definition) is 2. The van der Waals surface area contributed by atoms with Gasteiger partial charge in [-0.15, -0.1) is 11.3 Å². The van der Waals surface area contributed by atoms with Crippen molar-refractivity contribution < 1.29 is 14.3 Å². The van der Waals surface area contributed by atoms with Crippen molar-refractivity contribution in [3.05, 3.63) is 45.9 Å². The lowest BCUT2D eigenvalue weighted by Gasteiger charge is -2.08. The topological polar surface area (TPSA) is 80.3 Å². The van der Waals surface area contributed by atoms with E-state index in [4.69, 9.17) is 4.74 Å². The Labute approximate surface area is 158 Å². The molecule has 140 valence electrons. The maximum absolute atomic E-state index is 12.1. The quantitative estimate of drug-likeness (QED) is 0.520. The summed E-state index contributed by atoms with van der Waals surface area (Å²) < 4.78 is 5.65. The van der Waals surface area contributed by atoms with Crippen molar-refractivity contribution in [2.75, 3.05) is 6.61 Å². The third-order valence-electron chi connectivity index (χ3n) is 3.71. The van der Waals surface area contributed by atoms with E-state index in [1.165, 1.54) is 24.2 Å². The van der Waals surface area contributed by atoms with E-state index in [1.807, 2.05) is 12.3 Å². The maximum Gasteiger partial charge on any atom is 0.269 e. The van der Waals surface area contributed by atoms with Crippen molar-refractivity contribution in [3.8, 4) is 5.75 Å². The normalized spacial score (nSPS) is 10.4. The highest BCUT2D eigenvalue weighted by molar-refractivity contribution is 7.09. The van der Waals surface area contributed by atoms with Gasteiger partial charge in [0, 0.05) is 10.9 Å². The molecule has 0 saturated heterocycles. The molecule has 0 fully saturated rings. The van der Waals surface area contributed by atoms with Crippen LogP contribution < -0.4 is 15.6 Å². The number of hydrogen-bond acceptors (Lipinski definition) is 5. The molecule has 0 atom stereocenters. The van der Waals surface area contributed by atoms with Gasteiger partial charge in [-0.3, -0.25) is 20.4 Å². The molecule has 0 spiro atoms. The standard InChI is InChI=1S/C19H25N3O3S/c1-3-4-5-6-11-25-17-9-7-15(8-10-17)19(24)22-21-18(23)12-16-13-26-14(2)20-16/h7-10,13H,3-6,11-12H2,1-2H3,(H,21,23)(H,22,24). The zero-order chi connectivity index (χ0) is 18.8. The highest BCUT2D eigenvalue weighted by Crippen LogP contribution is 2.13. The molecule has 0 radical (unpaired) electrons. The maximum atomic E-state index is 12.1. The first-order valence-electron chi connectivity index (χ1n) is 8.81. The Hall–Kier alpha value is -2.41. The lowest BCUT2D eigenvalue weighted by atomic mass is 10.2. The number of aryl methyl sites for hydroxylation is 1. The average Bonchev–Trinajstić information content (AvgIpc) is 3.04.